The molecule has 20 heavy (non-hydrogen) atoms. The Kier molecular flexibility index (Phi) is 4.54. The minimum atomic E-state index is -0.549. The molecule has 0 atom stereocenters. The second-order valence-electron chi connectivity index (χ2n) is 3.81. The van der Waals surface area contributed by atoms with E-state index >= 15 is 0 Å². The Morgan fingerprint density at radius 2 is 2.25 bits per heavy atom. The second kappa shape index (κ2) is 6.36. The normalized spacial score (nSPS) is 10.1. The number of nitrogens with zero attached hydrogens (tertiary/aromatic N) is 1. The monoisotopic (exact) mass is 311 g/mol. The second-order valence-corrected chi connectivity index (χ2v) is 4.63. The maximum absolute atomic E-state index is 10.8. The lowest BCUT2D eigenvalue weighted by molar-refractivity contribution is -0.384. The van der Waals surface area contributed by atoms with E-state index in [1.807, 2.05) is 6.07 Å². The van der Waals surface area contributed by atoms with Crippen LogP contribution in [0.15, 0.2) is 41.0 Å². The van der Waals surface area contributed by atoms with E-state index in [4.69, 9.17) is 28.2 Å². The summed E-state index contributed by atoms with van der Waals surface area (Å²) in [6, 6.07) is 7.95. The van der Waals surface area contributed by atoms with Crippen molar-refractivity contribution in [3.63, 3.8) is 0 Å². The molecule has 0 saturated carbocycles. The van der Waals surface area contributed by atoms with Crippen LogP contribution in [0.25, 0.3) is 0 Å². The van der Waals surface area contributed by atoms with Crippen LogP contribution in [0.3, 0.4) is 0 Å². The highest BCUT2D eigenvalue weighted by Crippen LogP contribution is 2.27. The fourth-order valence-corrected chi connectivity index (χ4v) is 1.86. The average molecular weight is 312 g/mol. The Bertz CT molecular complexity index is 631. The fraction of sp³-hybridized carbons (Fsp3) is 0.0833. The van der Waals surface area contributed by atoms with Gasteiger partial charge in [0.2, 0.25) is 0 Å². The number of furan rings is 1. The summed E-state index contributed by atoms with van der Waals surface area (Å²) < 4.78 is 5.14. The lowest BCUT2D eigenvalue weighted by atomic mass is 10.3. The summed E-state index contributed by atoms with van der Waals surface area (Å²) in [7, 11) is 0. The van der Waals surface area contributed by atoms with E-state index in [1.54, 1.807) is 18.4 Å². The topological polar surface area (TPSA) is 80.3 Å². The average Bonchev–Trinajstić information content (AvgIpc) is 2.91. The van der Waals surface area contributed by atoms with Crippen LogP contribution in [0.4, 0.5) is 11.4 Å². The number of halogens is 1. The van der Waals surface area contributed by atoms with E-state index in [1.165, 1.54) is 12.1 Å². The summed E-state index contributed by atoms with van der Waals surface area (Å²) in [5.41, 5.74) is 0.309. The van der Waals surface area contributed by atoms with Gasteiger partial charge in [0.1, 0.15) is 10.8 Å². The van der Waals surface area contributed by atoms with Crippen LogP contribution in [0.1, 0.15) is 5.76 Å². The zero-order chi connectivity index (χ0) is 14.5. The van der Waals surface area contributed by atoms with Crippen LogP contribution in [-0.2, 0) is 6.54 Å². The van der Waals surface area contributed by atoms with E-state index in [-0.39, 0.29) is 10.7 Å². The van der Waals surface area contributed by atoms with Gasteiger partial charge >= 0.3 is 0 Å². The Hall–Kier alpha value is -2.12. The SMILES string of the molecule is O=[N+]([O-])c1cc(NC(=S)NCc2ccco2)ccc1Cl. The van der Waals surface area contributed by atoms with Crippen molar-refractivity contribution < 1.29 is 9.34 Å². The van der Waals surface area contributed by atoms with E-state index in [2.05, 4.69) is 10.6 Å². The predicted octanol–water partition coefficient (Wildman–Crippen LogP) is 3.33. The van der Waals surface area contributed by atoms with E-state index in [0.717, 1.165) is 5.76 Å². The van der Waals surface area contributed by atoms with E-state index < -0.39 is 4.92 Å². The molecule has 0 saturated heterocycles. The summed E-state index contributed by atoms with van der Waals surface area (Å²) in [6.45, 7) is 0.425. The maximum Gasteiger partial charge on any atom is 0.289 e. The summed E-state index contributed by atoms with van der Waals surface area (Å²) in [5.74, 6) is 0.733. The highest BCUT2D eigenvalue weighted by atomic mass is 35.5. The summed E-state index contributed by atoms with van der Waals surface area (Å²) in [6.07, 6.45) is 1.57. The number of nitro groups is 1. The van der Waals surface area contributed by atoms with Crippen LogP contribution in [0.2, 0.25) is 5.02 Å². The molecule has 104 valence electrons. The van der Waals surface area contributed by atoms with Crippen molar-refractivity contribution in [1.82, 2.24) is 5.32 Å². The molecule has 6 nitrogen and oxygen atoms in total. The molecule has 0 aliphatic carbocycles. The highest BCUT2D eigenvalue weighted by Gasteiger charge is 2.13. The molecule has 0 unspecified atom stereocenters. The first-order valence-corrected chi connectivity index (χ1v) is 6.36. The number of thiocarbonyl (C=S) groups is 1. The van der Waals surface area contributed by atoms with Gasteiger partial charge in [0.05, 0.1) is 17.7 Å². The molecule has 0 bridgehead atoms. The number of nitrogens with one attached hydrogen (secondary N) is 2. The third-order valence-corrected chi connectivity index (χ3v) is 2.97. The van der Waals surface area contributed by atoms with Crippen LogP contribution in [-0.4, -0.2) is 10.0 Å². The van der Waals surface area contributed by atoms with Gasteiger partial charge in [-0.3, -0.25) is 10.1 Å². The van der Waals surface area contributed by atoms with E-state index in [0.29, 0.717) is 17.3 Å². The molecule has 1 aromatic carbocycles. The van der Waals surface area contributed by atoms with Crippen LogP contribution >= 0.6 is 23.8 Å². The highest BCUT2D eigenvalue weighted by molar-refractivity contribution is 7.80. The first kappa shape index (κ1) is 14.3. The van der Waals surface area contributed by atoms with Crippen LogP contribution in [0, 0.1) is 10.1 Å². The lowest BCUT2D eigenvalue weighted by Gasteiger charge is -2.09. The molecular formula is C12H10ClN3O3S. The van der Waals surface area contributed by atoms with Gasteiger partial charge < -0.3 is 15.1 Å². The number of nitro benzene ring substituents is 1. The summed E-state index contributed by atoms with van der Waals surface area (Å²) >= 11 is 10.8. The molecule has 1 heterocycles. The van der Waals surface area contributed by atoms with Gasteiger partial charge in [-0.2, -0.15) is 0 Å². The van der Waals surface area contributed by atoms with Gasteiger partial charge in [0, 0.05) is 11.8 Å². The molecule has 0 spiro atoms. The Morgan fingerprint density at radius 1 is 1.45 bits per heavy atom. The third-order valence-electron chi connectivity index (χ3n) is 2.40. The zero-order valence-electron chi connectivity index (χ0n) is 10.1. The van der Waals surface area contributed by atoms with E-state index in [9.17, 15) is 10.1 Å². The molecule has 0 fully saturated rings. The van der Waals surface area contributed by atoms with Crippen molar-refractivity contribution in [3.05, 3.63) is 57.5 Å². The van der Waals surface area contributed by atoms with Crippen molar-refractivity contribution in [2.45, 2.75) is 6.54 Å². The van der Waals surface area contributed by atoms with Gasteiger partial charge in [-0.25, -0.2) is 0 Å². The zero-order valence-corrected chi connectivity index (χ0v) is 11.7. The molecule has 2 rings (SSSR count). The molecule has 2 aromatic rings. The van der Waals surface area contributed by atoms with Crippen LogP contribution in [0.5, 0.6) is 0 Å². The number of rotatable bonds is 4. The molecule has 0 radical (unpaired) electrons. The molecule has 2 N–H and O–H groups in total. The first-order valence-electron chi connectivity index (χ1n) is 5.57. The smallest absolute Gasteiger partial charge is 0.289 e. The Morgan fingerprint density at radius 3 is 2.90 bits per heavy atom. The standard InChI is InChI=1S/C12H10ClN3O3S/c13-10-4-3-8(6-11(10)16(17)18)15-12(20)14-7-9-2-1-5-19-9/h1-6H,7H2,(H2,14,15,20). The first-order chi connectivity index (χ1) is 9.56. The van der Waals surface area contributed by atoms with Crippen molar-refractivity contribution in [1.29, 1.82) is 0 Å². The van der Waals surface area contributed by atoms with Gasteiger partial charge in [-0.15, -0.1) is 0 Å². The van der Waals surface area contributed by atoms with Crippen molar-refractivity contribution in [2.75, 3.05) is 5.32 Å². The number of anilines is 1. The number of hydrogen-bond acceptors (Lipinski definition) is 4. The molecule has 0 amide bonds. The van der Waals surface area contributed by atoms with Gasteiger partial charge in [-0.05, 0) is 36.5 Å². The molecular weight excluding hydrogens is 302 g/mol. The van der Waals surface area contributed by atoms with Crippen molar-refractivity contribution in [3.8, 4) is 0 Å². The molecule has 0 aliphatic rings. The van der Waals surface area contributed by atoms with Crippen molar-refractivity contribution in [2.24, 2.45) is 0 Å². The Labute approximate surface area is 124 Å². The quantitative estimate of drug-likeness (QED) is 0.512. The minimum Gasteiger partial charge on any atom is -0.467 e. The minimum absolute atomic E-state index is 0.0787. The summed E-state index contributed by atoms with van der Waals surface area (Å²) in [5, 5.41) is 16.9. The van der Waals surface area contributed by atoms with Gasteiger partial charge in [0.25, 0.3) is 5.69 Å². The number of benzene rings is 1. The largest absolute Gasteiger partial charge is 0.467 e. The molecule has 8 heteroatoms. The van der Waals surface area contributed by atoms with Crippen LogP contribution < -0.4 is 10.6 Å². The van der Waals surface area contributed by atoms with Gasteiger partial charge in [0.15, 0.2) is 5.11 Å². The maximum atomic E-state index is 10.8. The van der Waals surface area contributed by atoms with Gasteiger partial charge in [-0.1, -0.05) is 11.6 Å². The lowest BCUT2D eigenvalue weighted by Crippen LogP contribution is -2.27. The number of hydrogen-bond donors (Lipinski definition) is 2. The third kappa shape index (κ3) is 3.69. The summed E-state index contributed by atoms with van der Waals surface area (Å²) in [4.78, 5) is 10.2. The fourth-order valence-electron chi connectivity index (χ4n) is 1.49. The van der Waals surface area contributed by atoms with Crippen molar-refractivity contribution >= 4 is 40.3 Å². The predicted molar refractivity (Wildman–Crippen MR) is 79.9 cm³/mol. The Balaban J connectivity index is 1.97. The molecule has 1 aromatic heterocycles. The molecule has 0 aliphatic heterocycles.